The summed E-state index contributed by atoms with van der Waals surface area (Å²) in [7, 11) is 1.46. The molecule has 2 aromatic heterocycles. The number of nitrogens with one attached hydrogen (secondary N) is 1. The zero-order valence-electron chi connectivity index (χ0n) is 18.1. The number of nitrogens with zero attached hydrogens (tertiary/aromatic N) is 3. The molecule has 7 nitrogen and oxygen atoms in total. The lowest BCUT2D eigenvalue weighted by Crippen LogP contribution is -2.16. The van der Waals surface area contributed by atoms with Crippen LogP contribution in [0.2, 0.25) is 0 Å². The molecule has 0 aliphatic rings. The number of methoxy groups -OCH3 is 1. The highest BCUT2D eigenvalue weighted by Crippen LogP contribution is 2.32. The van der Waals surface area contributed by atoms with Gasteiger partial charge in [-0.05, 0) is 43.3 Å². The summed E-state index contributed by atoms with van der Waals surface area (Å²) >= 11 is 1.46. The number of carbonyl (C=O) groups excluding carboxylic acids is 1. The normalized spacial score (nSPS) is 11.3. The number of hydrogen-bond donors (Lipinski definition) is 1. The van der Waals surface area contributed by atoms with E-state index in [1.54, 1.807) is 30.6 Å². The van der Waals surface area contributed by atoms with Crippen molar-refractivity contribution in [3.8, 4) is 17.2 Å². The third-order valence-corrected chi connectivity index (χ3v) is 5.41. The van der Waals surface area contributed by atoms with Crippen molar-refractivity contribution in [3.63, 3.8) is 0 Å². The molecule has 1 amide bonds. The van der Waals surface area contributed by atoms with E-state index in [0.29, 0.717) is 17.2 Å². The predicted molar refractivity (Wildman–Crippen MR) is 121 cm³/mol. The molecule has 2 heterocycles. The molecule has 0 bridgehead atoms. The van der Waals surface area contributed by atoms with Gasteiger partial charge in [0.1, 0.15) is 12.4 Å². The molecule has 4 aromatic rings. The lowest BCUT2D eigenvalue weighted by atomic mass is 10.2. The van der Waals surface area contributed by atoms with Crippen LogP contribution in [0.3, 0.4) is 0 Å². The topological polar surface area (TPSA) is 78.3 Å². The Morgan fingerprint density at radius 3 is 2.68 bits per heavy atom. The van der Waals surface area contributed by atoms with Gasteiger partial charge in [0, 0.05) is 17.0 Å². The molecule has 4 rings (SSSR count). The van der Waals surface area contributed by atoms with Crippen molar-refractivity contribution in [2.45, 2.75) is 19.7 Å². The van der Waals surface area contributed by atoms with Gasteiger partial charge in [-0.3, -0.25) is 4.79 Å². The summed E-state index contributed by atoms with van der Waals surface area (Å²) in [5.74, 6) is 0.532. The van der Waals surface area contributed by atoms with Crippen molar-refractivity contribution >= 4 is 23.1 Å². The fourth-order valence-electron chi connectivity index (χ4n) is 3.18. The number of halogens is 3. The highest BCUT2D eigenvalue weighted by molar-refractivity contribution is 7.07. The molecular formula is C23H19F3N4O3S. The molecule has 0 aliphatic carbocycles. The first-order valence-electron chi connectivity index (χ1n) is 9.98. The van der Waals surface area contributed by atoms with Gasteiger partial charge in [-0.15, -0.1) is 11.3 Å². The fraction of sp³-hybridized carbons (Fsp3) is 0.174. The molecule has 0 spiro atoms. The Bertz CT molecular complexity index is 1300. The third-order valence-electron chi connectivity index (χ3n) is 4.78. The molecule has 176 valence electrons. The summed E-state index contributed by atoms with van der Waals surface area (Å²) in [6, 6.07) is 11.0. The second kappa shape index (κ2) is 9.56. The summed E-state index contributed by atoms with van der Waals surface area (Å²) in [4.78, 5) is 17.1. The van der Waals surface area contributed by atoms with Crippen molar-refractivity contribution in [2.75, 3.05) is 12.4 Å². The van der Waals surface area contributed by atoms with E-state index in [0.717, 1.165) is 17.8 Å². The second-order valence-electron chi connectivity index (χ2n) is 7.22. The number of alkyl halides is 3. The summed E-state index contributed by atoms with van der Waals surface area (Å²) in [5.41, 5.74) is 2.63. The average molecular weight is 488 g/mol. The molecule has 34 heavy (non-hydrogen) atoms. The van der Waals surface area contributed by atoms with E-state index in [1.165, 1.54) is 41.3 Å². The minimum Gasteiger partial charge on any atom is -0.493 e. The highest BCUT2D eigenvalue weighted by Gasteiger charge is 2.30. The van der Waals surface area contributed by atoms with E-state index in [9.17, 15) is 18.0 Å². The van der Waals surface area contributed by atoms with Crippen LogP contribution in [0.25, 0.3) is 5.69 Å². The van der Waals surface area contributed by atoms with E-state index in [4.69, 9.17) is 9.47 Å². The Morgan fingerprint density at radius 1 is 1.15 bits per heavy atom. The van der Waals surface area contributed by atoms with Gasteiger partial charge in [0.2, 0.25) is 0 Å². The Balaban J connectivity index is 1.55. The van der Waals surface area contributed by atoms with Crippen LogP contribution in [-0.4, -0.2) is 27.8 Å². The van der Waals surface area contributed by atoms with Crippen LogP contribution in [0, 0.1) is 6.92 Å². The number of rotatable bonds is 7. The Hall–Kier alpha value is -3.86. The van der Waals surface area contributed by atoms with Gasteiger partial charge in [-0.25, -0.2) is 9.67 Å². The molecule has 1 N–H and O–H groups in total. The van der Waals surface area contributed by atoms with Crippen molar-refractivity contribution in [1.29, 1.82) is 0 Å². The summed E-state index contributed by atoms with van der Waals surface area (Å²) in [5, 5.41) is 8.80. The number of ether oxygens (including phenoxy) is 2. The maximum absolute atomic E-state index is 13.1. The van der Waals surface area contributed by atoms with Crippen LogP contribution >= 0.6 is 11.3 Å². The van der Waals surface area contributed by atoms with Crippen LogP contribution < -0.4 is 14.8 Å². The number of amides is 1. The zero-order chi connectivity index (χ0) is 24.3. The van der Waals surface area contributed by atoms with E-state index < -0.39 is 17.6 Å². The Labute approximate surface area is 196 Å². The van der Waals surface area contributed by atoms with Gasteiger partial charge in [0.15, 0.2) is 11.5 Å². The van der Waals surface area contributed by atoms with E-state index in [1.807, 2.05) is 5.38 Å². The number of aromatic nitrogens is 3. The molecule has 0 unspecified atom stereocenters. The first-order chi connectivity index (χ1) is 16.2. The minimum absolute atomic E-state index is 0.168. The fourth-order valence-corrected chi connectivity index (χ4v) is 3.72. The maximum Gasteiger partial charge on any atom is 0.416 e. The van der Waals surface area contributed by atoms with Crippen LogP contribution in [0.5, 0.6) is 11.5 Å². The molecule has 0 atom stereocenters. The summed E-state index contributed by atoms with van der Waals surface area (Å²) in [6.45, 7) is 1.93. The van der Waals surface area contributed by atoms with Crippen molar-refractivity contribution in [2.24, 2.45) is 0 Å². The first kappa shape index (κ1) is 23.3. The van der Waals surface area contributed by atoms with Crippen LogP contribution in [0.4, 0.5) is 19.0 Å². The van der Waals surface area contributed by atoms with Gasteiger partial charge in [-0.1, -0.05) is 6.07 Å². The third kappa shape index (κ3) is 5.20. The molecule has 0 fully saturated rings. The van der Waals surface area contributed by atoms with Gasteiger partial charge in [0.25, 0.3) is 5.91 Å². The first-order valence-corrected chi connectivity index (χ1v) is 10.9. The zero-order valence-corrected chi connectivity index (χ0v) is 18.9. The molecule has 11 heteroatoms. The smallest absolute Gasteiger partial charge is 0.416 e. The van der Waals surface area contributed by atoms with Gasteiger partial charge in [0.05, 0.1) is 35.3 Å². The number of aryl methyl sites for hydroxylation is 1. The predicted octanol–water partition coefficient (Wildman–Crippen LogP) is 5.50. The van der Waals surface area contributed by atoms with E-state index in [2.05, 4.69) is 15.4 Å². The standard InChI is InChI=1S/C23H19F3N4O3S/c1-14-8-21(30(29-14)18-5-3-4-16(10-18)23(24,25)26)28-22(31)15-6-7-19(20(9-15)32-2)33-11-17-12-34-13-27-17/h3-10,12-13H,11H2,1-2H3,(H,28,31). The van der Waals surface area contributed by atoms with Crippen LogP contribution in [-0.2, 0) is 12.8 Å². The SMILES string of the molecule is COc1cc(C(=O)Nc2cc(C)nn2-c2cccc(C(F)(F)F)c2)ccc1OCc1cscn1. The number of carbonyl (C=O) groups is 1. The minimum atomic E-state index is -4.50. The molecule has 0 radical (unpaired) electrons. The number of anilines is 1. The molecule has 0 aliphatic heterocycles. The summed E-state index contributed by atoms with van der Waals surface area (Å²) < 4.78 is 51.7. The largest absolute Gasteiger partial charge is 0.493 e. The van der Waals surface area contributed by atoms with Gasteiger partial charge < -0.3 is 14.8 Å². The maximum atomic E-state index is 13.1. The molecule has 0 saturated carbocycles. The Kier molecular flexibility index (Phi) is 6.55. The number of thiazole rings is 1. The lowest BCUT2D eigenvalue weighted by molar-refractivity contribution is -0.137. The van der Waals surface area contributed by atoms with Crippen molar-refractivity contribution in [1.82, 2.24) is 14.8 Å². The van der Waals surface area contributed by atoms with Crippen LogP contribution in [0.15, 0.2) is 59.4 Å². The lowest BCUT2D eigenvalue weighted by Gasteiger charge is -2.13. The number of benzene rings is 2. The Morgan fingerprint density at radius 2 is 1.97 bits per heavy atom. The summed E-state index contributed by atoms with van der Waals surface area (Å²) in [6.07, 6.45) is -4.50. The molecule has 2 aromatic carbocycles. The quantitative estimate of drug-likeness (QED) is 0.372. The molecule has 0 saturated heterocycles. The highest BCUT2D eigenvalue weighted by atomic mass is 32.1. The van der Waals surface area contributed by atoms with Crippen LogP contribution in [0.1, 0.15) is 27.3 Å². The second-order valence-corrected chi connectivity index (χ2v) is 7.94. The van der Waals surface area contributed by atoms with E-state index >= 15 is 0 Å². The van der Waals surface area contributed by atoms with E-state index in [-0.39, 0.29) is 23.7 Å². The van der Waals surface area contributed by atoms with Gasteiger partial charge >= 0.3 is 6.18 Å². The average Bonchev–Trinajstić information content (AvgIpc) is 3.46. The van der Waals surface area contributed by atoms with Gasteiger partial charge in [-0.2, -0.15) is 18.3 Å². The van der Waals surface area contributed by atoms with Crippen molar-refractivity contribution in [3.05, 3.63) is 81.9 Å². The monoisotopic (exact) mass is 488 g/mol. The number of hydrogen-bond acceptors (Lipinski definition) is 6. The molecular weight excluding hydrogens is 469 g/mol. The van der Waals surface area contributed by atoms with Crippen molar-refractivity contribution < 1.29 is 27.4 Å².